The third kappa shape index (κ3) is 1.88. The first-order chi connectivity index (χ1) is 6.19. The molecule has 1 aromatic heterocycles. The Balaban J connectivity index is 3.23. The van der Waals surface area contributed by atoms with Gasteiger partial charge in [0.15, 0.2) is 0 Å². The maximum atomic E-state index is 8.81. The summed E-state index contributed by atoms with van der Waals surface area (Å²) in [6, 6.07) is 3.69. The summed E-state index contributed by atoms with van der Waals surface area (Å²) in [5, 5.41) is 8.81. The van der Waals surface area contributed by atoms with Gasteiger partial charge in [-0.25, -0.2) is 0 Å². The van der Waals surface area contributed by atoms with E-state index in [1.54, 1.807) is 13.0 Å². The van der Waals surface area contributed by atoms with Crippen molar-refractivity contribution < 1.29 is 4.74 Å². The predicted octanol–water partition coefficient (Wildman–Crippen LogP) is 1.24. The number of hydrogen-bond acceptors (Lipinski definition) is 4. The lowest BCUT2D eigenvalue weighted by molar-refractivity contribution is 0.326. The van der Waals surface area contributed by atoms with Crippen molar-refractivity contribution in [1.82, 2.24) is 4.98 Å². The fraction of sp³-hybridized carbons (Fsp3) is 0.333. The normalized spacial score (nSPS) is 9.31. The SMILES string of the molecule is CCOc1nc(N)cc(C)c1C#N. The second-order valence-corrected chi connectivity index (χ2v) is 2.59. The number of nitrogen functional groups attached to an aromatic ring is 1. The van der Waals surface area contributed by atoms with Gasteiger partial charge in [-0.3, -0.25) is 0 Å². The Morgan fingerprint density at radius 3 is 2.92 bits per heavy atom. The van der Waals surface area contributed by atoms with Crippen LogP contribution in [0.2, 0.25) is 0 Å². The molecule has 0 atom stereocenters. The van der Waals surface area contributed by atoms with Gasteiger partial charge < -0.3 is 10.5 Å². The second kappa shape index (κ2) is 3.76. The van der Waals surface area contributed by atoms with Gasteiger partial charge in [0.2, 0.25) is 5.88 Å². The molecule has 0 aliphatic rings. The zero-order valence-electron chi connectivity index (χ0n) is 7.66. The van der Waals surface area contributed by atoms with Crippen LogP contribution in [0.25, 0.3) is 0 Å². The van der Waals surface area contributed by atoms with Crippen LogP contribution < -0.4 is 10.5 Å². The van der Waals surface area contributed by atoms with Crippen molar-refractivity contribution in [2.24, 2.45) is 0 Å². The van der Waals surface area contributed by atoms with E-state index in [2.05, 4.69) is 4.98 Å². The van der Waals surface area contributed by atoms with E-state index in [9.17, 15) is 0 Å². The van der Waals surface area contributed by atoms with Crippen LogP contribution >= 0.6 is 0 Å². The van der Waals surface area contributed by atoms with Gasteiger partial charge >= 0.3 is 0 Å². The molecule has 0 bridgehead atoms. The average molecular weight is 177 g/mol. The van der Waals surface area contributed by atoms with Crippen molar-refractivity contribution >= 4 is 5.82 Å². The molecule has 4 heteroatoms. The van der Waals surface area contributed by atoms with Gasteiger partial charge in [0.1, 0.15) is 17.5 Å². The van der Waals surface area contributed by atoms with E-state index in [0.29, 0.717) is 23.9 Å². The van der Waals surface area contributed by atoms with E-state index >= 15 is 0 Å². The monoisotopic (exact) mass is 177 g/mol. The number of aryl methyl sites for hydroxylation is 1. The molecule has 1 aromatic rings. The van der Waals surface area contributed by atoms with E-state index < -0.39 is 0 Å². The Labute approximate surface area is 77.0 Å². The highest BCUT2D eigenvalue weighted by molar-refractivity contribution is 5.50. The van der Waals surface area contributed by atoms with E-state index in [-0.39, 0.29) is 0 Å². The van der Waals surface area contributed by atoms with E-state index in [1.165, 1.54) is 0 Å². The van der Waals surface area contributed by atoms with Crippen molar-refractivity contribution in [1.29, 1.82) is 5.26 Å². The summed E-state index contributed by atoms with van der Waals surface area (Å²) in [6.45, 7) is 4.12. The van der Waals surface area contributed by atoms with Crippen molar-refractivity contribution in [3.8, 4) is 11.9 Å². The van der Waals surface area contributed by atoms with Crippen LogP contribution in [0.1, 0.15) is 18.1 Å². The number of nitrogens with two attached hydrogens (primary N) is 1. The summed E-state index contributed by atoms with van der Waals surface area (Å²) in [6.07, 6.45) is 0. The van der Waals surface area contributed by atoms with E-state index in [0.717, 1.165) is 5.56 Å². The third-order valence-corrected chi connectivity index (χ3v) is 1.60. The summed E-state index contributed by atoms with van der Waals surface area (Å²) in [5.41, 5.74) is 6.76. The van der Waals surface area contributed by atoms with Gasteiger partial charge in [-0.15, -0.1) is 0 Å². The maximum absolute atomic E-state index is 8.81. The van der Waals surface area contributed by atoms with Crippen LogP contribution in [0.4, 0.5) is 5.82 Å². The Morgan fingerprint density at radius 2 is 2.38 bits per heavy atom. The third-order valence-electron chi connectivity index (χ3n) is 1.60. The molecule has 4 nitrogen and oxygen atoms in total. The lowest BCUT2D eigenvalue weighted by atomic mass is 10.1. The summed E-state index contributed by atoms with van der Waals surface area (Å²) in [7, 11) is 0. The predicted molar refractivity (Wildman–Crippen MR) is 49.3 cm³/mol. The number of nitriles is 1. The first-order valence-electron chi connectivity index (χ1n) is 3.99. The van der Waals surface area contributed by atoms with Crippen molar-refractivity contribution in [2.75, 3.05) is 12.3 Å². The molecule has 2 N–H and O–H groups in total. The van der Waals surface area contributed by atoms with Gasteiger partial charge in [-0.1, -0.05) is 0 Å². The summed E-state index contributed by atoms with van der Waals surface area (Å²) >= 11 is 0. The number of rotatable bonds is 2. The molecule has 0 spiro atoms. The lowest BCUT2D eigenvalue weighted by Crippen LogP contribution is -2.02. The summed E-state index contributed by atoms with van der Waals surface area (Å²) in [5.74, 6) is 0.697. The quantitative estimate of drug-likeness (QED) is 0.737. The molecule has 0 radical (unpaired) electrons. The molecule has 0 saturated carbocycles. The Bertz CT molecular complexity index is 355. The van der Waals surface area contributed by atoms with Crippen LogP contribution in [0.3, 0.4) is 0 Å². The number of pyridine rings is 1. The molecule has 68 valence electrons. The molecule has 0 aliphatic carbocycles. The van der Waals surface area contributed by atoms with E-state index in [4.69, 9.17) is 15.7 Å². The zero-order valence-corrected chi connectivity index (χ0v) is 7.66. The van der Waals surface area contributed by atoms with Gasteiger partial charge in [0, 0.05) is 0 Å². The minimum absolute atomic E-state index is 0.322. The van der Waals surface area contributed by atoms with Crippen LogP contribution in [0.5, 0.6) is 5.88 Å². The van der Waals surface area contributed by atoms with Gasteiger partial charge in [0.25, 0.3) is 0 Å². The molecule has 13 heavy (non-hydrogen) atoms. The van der Waals surface area contributed by atoms with Crippen molar-refractivity contribution in [3.05, 3.63) is 17.2 Å². The molecule has 0 aromatic carbocycles. The Morgan fingerprint density at radius 1 is 1.69 bits per heavy atom. The number of nitrogens with zero attached hydrogens (tertiary/aromatic N) is 2. The number of anilines is 1. The molecule has 1 rings (SSSR count). The maximum Gasteiger partial charge on any atom is 0.233 e. The summed E-state index contributed by atoms with van der Waals surface area (Å²) < 4.78 is 5.18. The lowest BCUT2D eigenvalue weighted by Gasteiger charge is -2.06. The standard InChI is InChI=1S/C9H11N3O/c1-3-13-9-7(5-10)6(2)4-8(11)12-9/h4H,3H2,1-2H3,(H2,11,12). The topological polar surface area (TPSA) is 71.9 Å². The van der Waals surface area contributed by atoms with Crippen molar-refractivity contribution in [2.45, 2.75) is 13.8 Å². The van der Waals surface area contributed by atoms with Crippen molar-refractivity contribution in [3.63, 3.8) is 0 Å². The number of hydrogen-bond donors (Lipinski definition) is 1. The molecule has 1 heterocycles. The van der Waals surface area contributed by atoms with Gasteiger partial charge in [0.05, 0.1) is 6.61 Å². The molecule has 0 aliphatic heterocycles. The van der Waals surface area contributed by atoms with Crippen LogP contribution in [0, 0.1) is 18.3 Å². The number of ether oxygens (including phenoxy) is 1. The minimum Gasteiger partial charge on any atom is -0.477 e. The van der Waals surface area contributed by atoms with Gasteiger partial charge in [-0.2, -0.15) is 10.2 Å². The second-order valence-electron chi connectivity index (χ2n) is 2.59. The molecule has 0 amide bonds. The Kier molecular flexibility index (Phi) is 2.70. The van der Waals surface area contributed by atoms with E-state index in [1.807, 2.05) is 13.0 Å². The minimum atomic E-state index is 0.322. The first-order valence-corrected chi connectivity index (χ1v) is 3.99. The highest BCUT2D eigenvalue weighted by Crippen LogP contribution is 2.20. The highest BCUT2D eigenvalue weighted by atomic mass is 16.5. The highest BCUT2D eigenvalue weighted by Gasteiger charge is 2.08. The Hall–Kier alpha value is -1.76. The molecule has 0 fully saturated rings. The van der Waals surface area contributed by atoms with Crippen LogP contribution in [0.15, 0.2) is 6.07 Å². The molecular weight excluding hydrogens is 166 g/mol. The molecular formula is C9H11N3O. The van der Waals surface area contributed by atoms with Crippen LogP contribution in [-0.2, 0) is 0 Å². The largest absolute Gasteiger partial charge is 0.477 e. The first kappa shape index (κ1) is 9.33. The zero-order chi connectivity index (χ0) is 9.84. The van der Waals surface area contributed by atoms with Gasteiger partial charge in [-0.05, 0) is 25.5 Å². The smallest absolute Gasteiger partial charge is 0.233 e. The number of aromatic nitrogens is 1. The summed E-state index contributed by atoms with van der Waals surface area (Å²) in [4.78, 5) is 3.93. The fourth-order valence-electron chi connectivity index (χ4n) is 1.05. The average Bonchev–Trinajstić information content (AvgIpc) is 2.04. The fourth-order valence-corrected chi connectivity index (χ4v) is 1.05. The van der Waals surface area contributed by atoms with Crippen LogP contribution in [-0.4, -0.2) is 11.6 Å². The molecule has 0 unspecified atom stereocenters. The molecule has 0 saturated heterocycles.